The number of nitrogens with zero attached hydrogens (tertiary/aromatic N) is 4. The summed E-state index contributed by atoms with van der Waals surface area (Å²) in [7, 11) is 3.36. The van der Waals surface area contributed by atoms with Crippen molar-refractivity contribution >= 4 is 29.9 Å². The molecule has 0 radical (unpaired) electrons. The second-order valence-corrected chi connectivity index (χ2v) is 4.92. The molecule has 0 spiro atoms. The molecular formula is C15H19F3IN5. The first kappa shape index (κ1) is 20.3. The van der Waals surface area contributed by atoms with Crippen LogP contribution in [0.15, 0.2) is 41.7 Å². The highest BCUT2D eigenvalue weighted by Crippen LogP contribution is 2.12. The third kappa shape index (κ3) is 5.39. The number of hydrogen-bond donors (Lipinski definition) is 1. The lowest BCUT2D eigenvalue weighted by molar-refractivity contribution is 0.0668. The van der Waals surface area contributed by atoms with Gasteiger partial charge < -0.3 is 10.2 Å². The molecule has 1 N–H and O–H groups in total. The average molecular weight is 453 g/mol. The molecule has 0 aliphatic rings. The number of rotatable bonds is 5. The summed E-state index contributed by atoms with van der Waals surface area (Å²) in [5.41, 5.74) is 0.782. The van der Waals surface area contributed by atoms with E-state index in [-0.39, 0.29) is 42.2 Å². The molecule has 0 aliphatic heterocycles. The van der Waals surface area contributed by atoms with Crippen LogP contribution < -0.4 is 5.32 Å². The number of alkyl halides is 2. The molecular weight excluding hydrogens is 434 g/mol. The highest BCUT2D eigenvalue weighted by molar-refractivity contribution is 14.0. The summed E-state index contributed by atoms with van der Waals surface area (Å²) in [4.78, 5) is 9.76. The van der Waals surface area contributed by atoms with E-state index in [4.69, 9.17) is 0 Å². The first-order chi connectivity index (χ1) is 11.0. The van der Waals surface area contributed by atoms with Crippen molar-refractivity contribution in [3.05, 3.63) is 53.9 Å². The molecule has 0 fully saturated rings. The van der Waals surface area contributed by atoms with Crippen LogP contribution in [0.5, 0.6) is 0 Å². The van der Waals surface area contributed by atoms with Gasteiger partial charge in [0.15, 0.2) is 5.96 Å². The fourth-order valence-corrected chi connectivity index (χ4v) is 2.19. The molecule has 0 aliphatic carbocycles. The van der Waals surface area contributed by atoms with Crippen LogP contribution in [0.25, 0.3) is 0 Å². The predicted molar refractivity (Wildman–Crippen MR) is 97.0 cm³/mol. The van der Waals surface area contributed by atoms with Gasteiger partial charge in [-0.3, -0.25) is 9.56 Å². The van der Waals surface area contributed by atoms with Crippen molar-refractivity contribution in [2.24, 2.45) is 4.99 Å². The van der Waals surface area contributed by atoms with Crippen molar-refractivity contribution in [2.75, 3.05) is 14.1 Å². The van der Waals surface area contributed by atoms with E-state index in [2.05, 4.69) is 15.3 Å². The predicted octanol–water partition coefficient (Wildman–Crippen LogP) is 3.24. The molecule has 132 valence electrons. The molecule has 24 heavy (non-hydrogen) atoms. The lowest BCUT2D eigenvalue weighted by Gasteiger charge is -2.22. The summed E-state index contributed by atoms with van der Waals surface area (Å²) in [5, 5.41) is 2.97. The molecule has 2 rings (SSSR count). The Balaban J connectivity index is 0.00000288. The number of nitrogens with one attached hydrogen (secondary N) is 1. The number of imidazole rings is 1. The van der Waals surface area contributed by atoms with Crippen LogP contribution >= 0.6 is 24.0 Å². The molecule has 9 heteroatoms. The Morgan fingerprint density at radius 2 is 2.17 bits per heavy atom. The molecule has 0 saturated carbocycles. The van der Waals surface area contributed by atoms with Gasteiger partial charge in [-0.2, -0.15) is 8.78 Å². The first-order valence-electron chi connectivity index (χ1n) is 6.97. The van der Waals surface area contributed by atoms with E-state index in [1.807, 2.05) is 0 Å². The van der Waals surface area contributed by atoms with Gasteiger partial charge in [-0.25, -0.2) is 9.37 Å². The van der Waals surface area contributed by atoms with Gasteiger partial charge in [0.05, 0.1) is 6.54 Å². The zero-order valence-electron chi connectivity index (χ0n) is 13.3. The number of guanidine groups is 1. The zero-order valence-corrected chi connectivity index (χ0v) is 15.6. The number of halogens is 4. The van der Waals surface area contributed by atoms with Crippen molar-refractivity contribution in [2.45, 2.75) is 19.6 Å². The van der Waals surface area contributed by atoms with E-state index in [0.29, 0.717) is 12.5 Å². The van der Waals surface area contributed by atoms with Crippen LogP contribution in [0.3, 0.4) is 0 Å². The molecule has 2 aromatic rings. The van der Waals surface area contributed by atoms with E-state index in [0.717, 1.165) is 10.1 Å². The van der Waals surface area contributed by atoms with Gasteiger partial charge in [-0.1, -0.05) is 12.1 Å². The summed E-state index contributed by atoms with van der Waals surface area (Å²) in [6.45, 7) is -2.10. The quantitative estimate of drug-likeness (QED) is 0.430. The molecule has 0 bridgehead atoms. The Morgan fingerprint density at radius 3 is 2.79 bits per heavy atom. The molecule has 1 heterocycles. The fraction of sp³-hybridized carbons (Fsp3) is 0.333. The van der Waals surface area contributed by atoms with Crippen LogP contribution in [0.1, 0.15) is 17.9 Å². The third-order valence-corrected chi connectivity index (χ3v) is 3.25. The second kappa shape index (κ2) is 9.50. The van der Waals surface area contributed by atoms with Gasteiger partial charge in [-0.05, 0) is 17.7 Å². The highest BCUT2D eigenvalue weighted by atomic mass is 127. The molecule has 5 nitrogen and oxygen atoms in total. The Hall–Kier alpha value is -1.78. The Labute approximate surface area is 155 Å². The van der Waals surface area contributed by atoms with Crippen molar-refractivity contribution < 1.29 is 13.2 Å². The van der Waals surface area contributed by atoms with E-state index < -0.39 is 6.55 Å². The third-order valence-electron chi connectivity index (χ3n) is 3.25. The minimum atomic E-state index is -2.64. The molecule has 0 amide bonds. The Bertz CT molecular complexity index is 675. The fourth-order valence-electron chi connectivity index (χ4n) is 2.19. The zero-order chi connectivity index (χ0) is 16.8. The van der Waals surface area contributed by atoms with E-state index in [1.54, 1.807) is 31.1 Å². The van der Waals surface area contributed by atoms with Crippen LogP contribution in [0, 0.1) is 5.82 Å². The van der Waals surface area contributed by atoms with Crippen molar-refractivity contribution in [1.29, 1.82) is 0 Å². The van der Waals surface area contributed by atoms with Crippen molar-refractivity contribution in [3.8, 4) is 0 Å². The first-order valence-corrected chi connectivity index (χ1v) is 6.97. The summed E-state index contributed by atoms with van der Waals surface area (Å²) in [6.07, 6.45) is 2.54. The molecule has 1 aromatic carbocycles. The maximum absolute atomic E-state index is 13.2. The lowest BCUT2D eigenvalue weighted by atomic mass is 10.2. The standard InChI is InChI=1S/C15H18F3N5.HI/c1-19-15(21-9-13-20-6-7-23(13)14(17)18)22(2)10-11-4-3-5-12(16)8-11;/h3-8,14H,9-10H2,1-2H3,(H,19,21);1H. The largest absolute Gasteiger partial charge is 0.349 e. The molecule has 0 unspecified atom stereocenters. The molecule has 1 aromatic heterocycles. The monoisotopic (exact) mass is 453 g/mol. The van der Waals surface area contributed by atoms with Crippen molar-refractivity contribution in [1.82, 2.24) is 19.8 Å². The molecule has 0 saturated heterocycles. The maximum atomic E-state index is 13.2. The number of hydrogen-bond acceptors (Lipinski definition) is 2. The summed E-state index contributed by atoms with van der Waals surface area (Å²) in [5.74, 6) is 0.399. The van der Waals surface area contributed by atoms with Gasteiger partial charge >= 0.3 is 6.55 Å². The summed E-state index contributed by atoms with van der Waals surface area (Å²) in [6, 6.07) is 6.25. The van der Waals surface area contributed by atoms with Crippen LogP contribution in [-0.4, -0.2) is 34.5 Å². The lowest BCUT2D eigenvalue weighted by Crippen LogP contribution is -2.38. The molecule has 0 atom stereocenters. The van der Waals surface area contributed by atoms with Crippen molar-refractivity contribution in [3.63, 3.8) is 0 Å². The van der Waals surface area contributed by atoms with Gasteiger partial charge in [0.2, 0.25) is 0 Å². The maximum Gasteiger partial charge on any atom is 0.319 e. The van der Waals surface area contributed by atoms with Crippen LogP contribution in [0.4, 0.5) is 13.2 Å². The minimum absolute atomic E-state index is 0. The van der Waals surface area contributed by atoms with Gasteiger partial charge in [0, 0.05) is 33.0 Å². The summed E-state index contributed by atoms with van der Waals surface area (Å²) < 4.78 is 39.5. The van der Waals surface area contributed by atoms with Crippen LogP contribution in [0.2, 0.25) is 0 Å². The number of benzene rings is 1. The smallest absolute Gasteiger partial charge is 0.319 e. The van der Waals surface area contributed by atoms with E-state index in [9.17, 15) is 13.2 Å². The second-order valence-electron chi connectivity index (χ2n) is 4.92. The topological polar surface area (TPSA) is 45.5 Å². The Morgan fingerprint density at radius 1 is 1.42 bits per heavy atom. The normalized spacial score (nSPS) is 11.3. The average Bonchev–Trinajstić information content (AvgIpc) is 2.96. The highest BCUT2D eigenvalue weighted by Gasteiger charge is 2.13. The number of aromatic nitrogens is 2. The van der Waals surface area contributed by atoms with Gasteiger partial charge in [-0.15, -0.1) is 24.0 Å². The Kier molecular flexibility index (Phi) is 8.02. The minimum Gasteiger partial charge on any atom is -0.349 e. The van der Waals surface area contributed by atoms with E-state index in [1.165, 1.54) is 24.5 Å². The van der Waals surface area contributed by atoms with Gasteiger partial charge in [0.25, 0.3) is 0 Å². The van der Waals surface area contributed by atoms with Gasteiger partial charge in [0.1, 0.15) is 11.6 Å². The van der Waals surface area contributed by atoms with Crippen LogP contribution in [-0.2, 0) is 13.1 Å². The van der Waals surface area contributed by atoms with E-state index >= 15 is 0 Å². The SMILES string of the molecule is CN=C(NCc1nccn1C(F)F)N(C)Cc1cccc(F)c1.I. The number of aliphatic imine (C=N–C) groups is 1. The summed E-state index contributed by atoms with van der Waals surface area (Å²) >= 11 is 0.